The molecule has 0 spiro atoms. The molecular formula is C14H21FN2O2S. The van der Waals surface area contributed by atoms with Crippen molar-refractivity contribution < 1.29 is 12.8 Å². The Hall–Kier alpha value is -0.980. The van der Waals surface area contributed by atoms with Crippen molar-refractivity contribution in [2.45, 2.75) is 32.7 Å². The molecule has 1 aliphatic rings. The highest BCUT2D eigenvalue weighted by molar-refractivity contribution is 7.86. The Morgan fingerprint density at radius 3 is 2.55 bits per heavy atom. The van der Waals surface area contributed by atoms with E-state index >= 15 is 0 Å². The summed E-state index contributed by atoms with van der Waals surface area (Å²) in [6.07, 6.45) is 2.91. The maximum atomic E-state index is 13.2. The van der Waals surface area contributed by atoms with Crippen LogP contribution in [-0.4, -0.2) is 36.7 Å². The molecule has 0 N–H and O–H groups in total. The highest BCUT2D eigenvalue weighted by Gasteiger charge is 2.29. The summed E-state index contributed by atoms with van der Waals surface area (Å²) < 4.78 is 41.3. The first-order chi connectivity index (χ1) is 9.54. The van der Waals surface area contributed by atoms with Gasteiger partial charge in [0, 0.05) is 26.2 Å². The summed E-state index contributed by atoms with van der Waals surface area (Å²) in [4.78, 5) is 0. The third-order valence-corrected chi connectivity index (χ3v) is 5.63. The van der Waals surface area contributed by atoms with E-state index in [1.807, 2.05) is 0 Å². The number of piperidine rings is 1. The van der Waals surface area contributed by atoms with E-state index in [1.54, 1.807) is 23.4 Å². The van der Waals surface area contributed by atoms with Crippen LogP contribution in [0.5, 0.6) is 0 Å². The summed E-state index contributed by atoms with van der Waals surface area (Å²) >= 11 is 0. The molecule has 1 aromatic rings. The number of benzene rings is 1. The minimum Gasteiger partial charge on any atom is -0.207 e. The lowest BCUT2D eigenvalue weighted by molar-refractivity contribution is 0.303. The highest BCUT2D eigenvalue weighted by Crippen LogP contribution is 2.18. The van der Waals surface area contributed by atoms with Gasteiger partial charge in [0.15, 0.2) is 0 Å². The molecule has 1 aliphatic heterocycles. The Kier molecular flexibility index (Phi) is 5.12. The lowest BCUT2D eigenvalue weighted by atomic mass is 10.2. The van der Waals surface area contributed by atoms with Crippen molar-refractivity contribution in [1.29, 1.82) is 0 Å². The fraction of sp³-hybridized carbons (Fsp3) is 0.571. The number of hydrogen-bond donors (Lipinski definition) is 0. The maximum absolute atomic E-state index is 13.2. The van der Waals surface area contributed by atoms with Crippen LogP contribution in [0.15, 0.2) is 24.3 Å². The van der Waals surface area contributed by atoms with Crippen molar-refractivity contribution in [2.75, 3.05) is 19.6 Å². The van der Waals surface area contributed by atoms with Crippen molar-refractivity contribution in [3.05, 3.63) is 35.6 Å². The topological polar surface area (TPSA) is 40.6 Å². The van der Waals surface area contributed by atoms with E-state index in [2.05, 4.69) is 0 Å². The smallest absolute Gasteiger partial charge is 0.207 e. The third-order valence-electron chi connectivity index (χ3n) is 3.57. The molecule has 1 heterocycles. The van der Waals surface area contributed by atoms with Crippen LogP contribution in [0.1, 0.15) is 31.7 Å². The highest BCUT2D eigenvalue weighted by atomic mass is 32.2. The summed E-state index contributed by atoms with van der Waals surface area (Å²) in [7, 11) is -3.44. The first-order valence-corrected chi connectivity index (χ1v) is 8.43. The molecule has 20 heavy (non-hydrogen) atoms. The van der Waals surface area contributed by atoms with Crippen LogP contribution in [-0.2, 0) is 16.8 Å². The lowest BCUT2D eigenvalue weighted by Gasteiger charge is -2.31. The van der Waals surface area contributed by atoms with Crippen LogP contribution in [0.4, 0.5) is 4.39 Å². The van der Waals surface area contributed by atoms with E-state index in [0.29, 0.717) is 25.2 Å². The van der Waals surface area contributed by atoms with Gasteiger partial charge < -0.3 is 0 Å². The van der Waals surface area contributed by atoms with Gasteiger partial charge in [0.1, 0.15) is 5.82 Å². The van der Waals surface area contributed by atoms with Crippen molar-refractivity contribution in [2.24, 2.45) is 0 Å². The molecule has 0 radical (unpaired) electrons. The number of halogens is 1. The first-order valence-electron chi connectivity index (χ1n) is 7.03. The van der Waals surface area contributed by atoms with Gasteiger partial charge in [0.2, 0.25) is 0 Å². The maximum Gasteiger partial charge on any atom is 0.282 e. The molecule has 1 saturated heterocycles. The summed E-state index contributed by atoms with van der Waals surface area (Å²) in [6, 6.07) is 6.09. The average Bonchev–Trinajstić information content (AvgIpc) is 2.45. The molecule has 0 bridgehead atoms. The molecule has 1 fully saturated rings. The van der Waals surface area contributed by atoms with E-state index in [-0.39, 0.29) is 12.4 Å². The van der Waals surface area contributed by atoms with Crippen LogP contribution < -0.4 is 0 Å². The summed E-state index contributed by atoms with van der Waals surface area (Å²) in [5.41, 5.74) is 0.674. The number of hydrogen-bond acceptors (Lipinski definition) is 2. The first kappa shape index (κ1) is 15.4. The molecule has 0 saturated carbocycles. The lowest BCUT2D eigenvalue weighted by Crippen LogP contribution is -2.45. The largest absolute Gasteiger partial charge is 0.282 e. The Morgan fingerprint density at radius 2 is 1.95 bits per heavy atom. The molecule has 6 heteroatoms. The van der Waals surface area contributed by atoms with Gasteiger partial charge in [0.25, 0.3) is 10.2 Å². The zero-order valence-corrected chi connectivity index (χ0v) is 12.6. The second-order valence-corrected chi connectivity index (χ2v) is 6.95. The minimum absolute atomic E-state index is 0.215. The molecule has 0 unspecified atom stereocenters. The van der Waals surface area contributed by atoms with E-state index in [0.717, 1.165) is 19.3 Å². The van der Waals surface area contributed by atoms with Gasteiger partial charge in [-0.1, -0.05) is 25.5 Å². The number of rotatable bonds is 5. The SMILES string of the molecule is CCN(Cc1cccc(F)c1)S(=O)(=O)N1CCCCC1. The zero-order valence-electron chi connectivity index (χ0n) is 11.8. The average molecular weight is 300 g/mol. The molecule has 0 atom stereocenters. The molecule has 0 aliphatic carbocycles. The van der Waals surface area contributed by atoms with Gasteiger partial charge in [-0.2, -0.15) is 17.0 Å². The van der Waals surface area contributed by atoms with Gasteiger partial charge >= 0.3 is 0 Å². The van der Waals surface area contributed by atoms with Crippen molar-refractivity contribution >= 4 is 10.2 Å². The monoisotopic (exact) mass is 300 g/mol. The minimum atomic E-state index is -3.44. The second kappa shape index (κ2) is 6.65. The van der Waals surface area contributed by atoms with Gasteiger partial charge in [-0.05, 0) is 30.5 Å². The molecule has 4 nitrogen and oxygen atoms in total. The van der Waals surface area contributed by atoms with Crippen LogP contribution in [0.25, 0.3) is 0 Å². The molecule has 1 aromatic carbocycles. The summed E-state index contributed by atoms with van der Waals surface area (Å²) in [5.74, 6) is -0.339. The molecular weight excluding hydrogens is 279 g/mol. The van der Waals surface area contributed by atoms with E-state index in [4.69, 9.17) is 0 Å². The van der Waals surface area contributed by atoms with Gasteiger partial charge in [-0.25, -0.2) is 4.39 Å². The van der Waals surface area contributed by atoms with E-state index in [9.17, 15) is 12.8 Å². The van der Waals surface area contributed by atoms with Gasteiger partial charge in [-0.15, -0.1) is 0 Å². The van der Waals surface area contributed by atoms with Crippen LogP contribution in [0.2, 0.25) is 0 Å². The van der Waals surface area contributed by atoms with E-state index in [1.165, 1.54) is 16.4 Å². The van der Waals surface area contributed by atoms with Crippen LogP contribution >= 0.6 is 0 Å². The standard InChI is InChI=1S/C14H21FN2O2S/c1-2-16(12-13-7-6-8-14(15)11-13)20(18,19)17-9-4-3-5-10-17/h6-8,11H,2-5,9-10,12H2,1H3. The molecule has 112 valence electrons. The quantitative estimate of drug-likeness (QED) is 0.837. The Morgan fingerprint density at radius 1 is 1.25 bits per heavy atom. The van der Waals surface area contributed by atoms with Gasteiger partial charge in [-0.3, -0.25) is 0 Å². The Labute approximate surface area is 120 Å². The molecule has 0 aromatic heterocycles. The normalized spacial score (nSPS) is 17.6. The summed E-state index contributed by atoms with van der Waals surface area (Å²) in [6.45, 7) is 3.58. The molecule has 2 rings (SSSR count). The fourth-order valence-corrected chi connectivity index (χ4v) is 4.14. The van der Waals surface area contributed by atoms with Crippen molar-refractivity contribution in [3.63, 3.8) is 0 Å². The summed E-state index contributed by atoms with van der Waals surface area (Å²) in [5, 5.41) is 0. The fourth-order valence-electron chi connectivity index (χ4n) is 2.45. The molecule has 0 amide bonds. The zero-order chi connectivity index (χ0) is 14.6. The van der Waals surface area contributed by atoms with Gasteiger partial charge in [0.05, 0.1) is 0 Å². The Bertz CT molecular complexity index is 542. The number of nitrogens with zero attached hydrogens (tertiary/aromatic N) is 2. The van der Waals surface area contributed by atoms with Crippen molar-refractivity contribution in [1.82, 2.24) is 8.61 Å². The van der Waals surface area contributed by atoms with Crippen molar-refractivity contribution in [3.8, 4) is 0 Å². The van der Waals surface area contributed by atoms with Crippen LogP contribution in [0, 0.1) is 5.82 Å². The van der Waals surface area contributed by atoms with Crippen LogP contribution in [0.3, 0.4) is 0 Å². The third kappa shape index (κ3) is 3.56. The predicted molar refractivity (Wildman–Crippen MR) is 76.8 cm³/mol. The second-order valence-electron chi connectivity index (χ2n) is 5.02. The Balaban J connectivity index is 2.14. The van der Waals surface area contributed by atoms with E-state index < -0.39 is 10.2 Å². The predicted octanol–water partition coefficient (Wildman–Crippen LogP) is 2.38.